The van der Waals surface area contributed by atoms with Crippen LogP contribution < -0.4 is 10.2 Å². The minimum atomic E-state index is -1.39. The molecule has 2 fully saturated rings. The molecule has 0 saturated carbocycles. The highest BCUT2D eigenvalue weighted by atomic mass is 16.7. The minimum Gasteiger partial charge on any atom is -0.458 e. The van der Waals surface area contributed by atoms with Crippen LogP contribution in [0.2, 0.25) is 0 Å². The smallest absolute Gasteiger partial charge is 0.458 e. The molecule has 3 rings (SSSR count). The summed E-state index contributed by atoms with van der Waals surface area (Å²) >= 11 is 0. The Morgan fingerprint density at radius 2 is 1.93 bits per heavy atom. The Labute approximate surface area is 165 Å². The van der Waals surface area contributed by atoms with E-state index in [9.17, 15) is 9.90 Å². The Balaban J connectivity index is 1.60. The summed E-state index contributed by atoms with van der Waals surface area (Å²) in [5.41, 5.74) is -0.175. The van der Waals surface area contributed by atoms with Crippen LogP contribution in [0.3, 0.4) is 0 Å². The van der Waals surface area contributed by atoms with Crippen molar-refractivity contribution >= 4 is 18.5 Å². The summed E-state index contributed by atoms with van der Waals surface area (Å²) in [4.78, 5) is 22.0. The van der Waals surface area contributed by atoms with Crippen LogP contribution in [-0.4, -0.2) is 81.2 Å². The van der Waals surface area contributed by atoms with Gasteiger partial charge in [-0.3, -0.25) is 4.79 Å². The van der Waals surface area contributed by atoms with Crippen molar-refractivity contribution in [1.29, 1.82) is 0 Å². The van der Waals surface area contributed by atoms with Crippen LogP contribution in [0.1, 0.15) is 40.5 Å². The lowest BCUT2D eigenvalue weighted by molar-refractivity contribution is -0.144. The molecule has 0 bridgehead atoms. The highest BCUT2D eigenvalue weighted by molar-refractivity contribution is 6.61. The molecule has 2 aliphatic rings. The van der Waals surface area contributed by atoms with Crippen molar-refractivity contribution in [2.45, 2.75) is 63.9 Å². The Hall–Kier alpha value is -1.75. The Bertz CT molecular complexity index is 683. The van der Waals surface area contributed by atoms with Crippen molar-refractivity contribution < 1.29 is 29.1 Å². The van der Waals surface area contributed by atoms with E-state index in [1.807, 2.05) is 27.7 Å². The van der Waals surface area contributed by atoms with Gasteiger partial charge >= 0.3 is 13.1 Å². The van der Waals surface area contributed by atoms with E-state index >= 15 is 0 Å². The molecule has 0 spiro atoms. The predicted molar refractivity (Wildman–Crippen MR) is 101 cm³/mol. The van der Waals surface area contributed by atoms with Crippen molar-refractivity contribution in [1.82, 2.24) is 14.9 Å². The van der Waals surface area contributed by atoms with Crippen molar-refractivity contribution in [3.8, 4) is 6.01 Å². The van der Waals surface area contributed by atoms with E-state index in [1.54, 1.807) is 12.4 Å². The summed E-state index contributed by atoms with van der Waals surface area (Å²) < 4.78 is 17.8. The van der Waals surface area contributed by atoms with Crippen LogP contribution in [0.15, 0.2) is 12.4 Å². The molecule has 1 aromatic heterocycles. The number of aliphatic hydroxyl groups excluding tert-OH is 2. The number of aliphatic hydroxyl groups is 2. The lowest BCUT2D eigenvalue weighted by atomic mass is 9.81. The maximum atomic E-state index is 12.0. The maximum absolute atomic E-state index is 12.0. The van der Waals surface area contributed by atoms with Crippen LogP contribution in [0.25, 0.3) is 0 Å². The maximum Gasteiger partial charge on any atom is 0.498 e. The number of hydrogen-bond donors (Lipinski definition) is 2. The largest absolute Gasteiger partial charge is 0.498 e. The van der Waals surface area contributed by atoms with Crippen LogP contribution >= 0.6 is 0 Å². The van der Waals surface area contributed by atoms with E-state index in [1.165, 1.54) is 4.90 Å². The first kappa shape index (κ1) is 21.0. The monoisotopic (exact) mass is 393 g/mol. The molecule has 2 N–H and O–H groups in total. The second-order valence-corrected chi connectivity index (χ2v) is 8.25. The molecule has 0 aliphatic carbocycles. The standard InChI is InChI=1S/C18H28BN3O6/c1-17(2)18(3,4)28-19(27-17)12-8-20-16(21-9-12)26-13-6-5-7-22(10-13)15(25)14(24)11-23/h8-9,13-14,23-24H,5-7,10-11H2,1-4H3/t13-,14+/m0/s1. The molecule has 1 aromatic rings. The van der Waals surface area contributed by atoms with Gasteiger partial charge < -0.3 is 29.2 Å². The van der Waals surface area contributed by atoms with Gasteiger partial charge in [0.2, 0.25) is 0 Å². The van der Waals surface area contributed by atoms with Gasteiger partial charge in [0, 0.05) is 24.4 Å². The molecule has 154 valence electrons. The molecule has 1 amide bonds. The fourth-order valence-corrected chi connectivity index (χ4v) is 3.16. The van der Waals surface area contributed by atoms with Gasteiger partial charge in [-0.15, -0.1) is 0 Å². The number of carbonyl (C=O) groups is 1. The molecular formula is C18H28BN3O6. The van der Waals surface area contributed by atoms with Crippen molar-refractivity contribution in [2.75, 3.05) is 19.7 Å². The summed E-state index contributed by atoms with van der Waals surface area (Å²) in [5, 5.41) is 18.5. The van der Waals surface area contributed by atoms with Gasteiger partial charge in [-0.2, -0.15) is 0 Å². The first-order valence-corrected chi connectivity index (χ1v) is 9.55. The third kappa shape index (κ3) is 4.30. The average Bonchev–Trinajstić information content (AvgIpc) is 2.88. The van der Waals surface area contributed by atoms with Crippen LogP contribution in [0.5, 0.6) is 6.01 Å². The van der Waals surface area contributed by atoms with Gasteiger partial charge in [0.05, 0.1) is 24.4 Å². The van der Waals surface area contributed by atoms with E-state index in [4.69, 9.17) is 19.2 Å². The quantitative estimate of drug-likeness (QED) is 0.644. The number of likely N-dealkylation sites (tertiary alicyclic amines) is 1. The topological polar surface area (TPSA) is 114 Å². The number of ether oxygens (including phenoxy) is 1. The number of hydrogen-bond acceptors (Lipinski definition) is 8. The van der Waals surface area contributed by atoms with Crippen LogP contribution in [0.4, 0.5) is 0 Å². The zero-order valence-electron chi connectivity index (χ0n) is 16.8. The number of amides is 1. The lowest BCUT2D eigenvalue weighted by Gasteiger charge is -2.33. The summed E-state index contributed by atoms with van der Waals surface area (Å²) in [6.07, 6.45) is 3.06. The molecule has 2 atom stereocenters. The molecule has 10 heteroatoms. The molecule has 28 heavy (non-hydrogen) atoms. The first-order valence-electron chi connectivity index (χ1n) is 9.55. The summed E-state index contributed by atoms with van der Waals surface area (Å²) in [7, 11) is -0.540. The van der Waals surface area contributed by atoms with Gasteiger partial charge in [0.15, 0.2) is 6.10 Å². The Morgan fingerprint density at radius 1 is 1.32 bits per heavy atom. The van der Waals surface area contributed by atoms with Crippen molar-refractivity contribution in [2.24, 2.45) is 0 Å². The number of carbonyl (C=O) groups excluding carboxylic acids is 1. The van der Waals surface area contributed by atoms with E-state index in [-0.39, 0.29) is 12.1 Å². The third-order valence-electron chi connectivity index (χ3n) is 5.59. The van der Waals surface area contributed by atoms with E-state index in [0.717, 1.165) is 12.8 Å². The molecule has 9 nitrogen and oxygen atoms in total. The Kier molecular flexibility index (Phi) is 5.95. The van der Waals surface area contributed by atoms with Gasteiger partial charge in [-0.25, -0.2) is 9.97 Å². The second kappa shape index (κ2) is 7.94. The third-order valence-corrected chi connectivity index (χ3v) is 5.59. The van der Waals surface area contributed by atoms with Crippen LogP contribution in [-0.2, 0) is 14.1 Å². The summed E-state index contributed by atoms with van der Waals surface area (Å²) in [5.74, 6) is -0.493. The zero-order valence-corrected chi connectivity index (χ0v) is 16.8. The van der Waals surface area contributed by atoms with Crippen molar-refractivity contribution in [3.63, 3.8) is 0 Å². The normalized spacial score (nSPS) is 24.9. The number of rotatable bonds is 5. The number of aromatic nitrogens is 2. The van der Waals surface area contributed by atoms with E-state index in [2.05, 4.69) is 9.97 Å². The minimum absolute atomic E-state index is 0.210. The lowest BCUT2D eigenvalue weighted by Crippen LogP contribution is -2.49. The van der Waals surface area contributed by atoms with E-state index < -0.39 is 36.9 Å². The molecule has 0 radical (unpaired) electrons. The number of piperidine rings is 1. The molecule has 2 saturated heterocycles. The van der Waals surface area contributed by atoms with Crippen molar-refractivity contribution in [3.05, 3.63) is 12.4 Å². The molecule has 3 heterocycles. The highest BCUT2D eigenvalue weighted by Crippen LogP contribution is 2.36. The number of nitrogens with zero attached hydrogens (tertiary/aromatic N) is 3. The first-order chi connectivity index (χ1) is 13.1. The molecular weight excluding hydrogens is 365 g/mol. The fraction of sp³-hybridized carbons (Fsp3) is 0.722. The van der Waals surface area contributed by atoms with Gasteiger partial charge in [0.25, 0.3) is 5.91 Å². The average molecular weight is 393 g/mol. The van der Waals surface area contributed by atoms with Crippen LogP contribution in [0, 0.1) is 0 Å². The molecule has 2 aliphatic heterocycles. The molecule has 0 unspecified atom stereocenters. The summed E-state index contributed by atoms with van der Waals surface area (Å²) in [6.45, 7) is 8.18. The SMILES string of the molecule is CC1(C)OB(c2cnc(O[C@H]3CCCN(C(=O)[C@H](O)CO)C3)nc2)OC1(C)C. The Morgan fingerprint density at radius 3 is 2.50 bits per heavy atom. The van der Waals surface area contributed by atoms with E-state index in [0.29, 0.717) is 18.6 Å². The zero-order chi connectivity index (χ0) is 20.5. The van der Waals surface area contributed by atoms with Gasteiger partial charge in [0.1, 0.15) is 6.10 Å². The summed E-state index contributed by atoms with van der Waals surface area (Å²) in [6, 6.07) is 0.210. The fourth-order valence-electron chi connectivity index (χ4n) is 3.16. The second-order valence-electron chi connectivity index (χ2n) is 8.25. The predicted octanol–water partition coefficient (Wildman–Crippen LogP) is -0.501. The van der Waals surface area contributed by atoms with Gasteiger partial charge in [-0.1, -0.05) is 0 Å². The van der Waals surface area contributed by atoms with Gasteiger partial charge in [-0.05, 0) is 40.5 Å². The molecule has 0 aromatic carbocycles. The highest BCUT2D eigenvalue weighted by Gasteiger charge is 2.52.